The summed E-state index contributed by atoms with van der Waals surface area (Å²) >= 11 is 0. The van der Waals surface area contributed by atoms with E-state index >= 15 is 0 Å². The molecule has 3 aromatic carbocycles. The first-order chi connectivity index (χ1) is 19.1. The summed E-state index contributed by atoms with van der Waals surface area (Å²) in [6, 6.07) is 19.3. The predicted molar refractivity (Wildman–Crippen MR) is 134 cm³/mol. The topological polar surface area (TPSA) is 47.4 Å². The molecule has 1 aliphatic rings. The van der Waals surface area contributed by atoms with E-state index in [2.05, 4.69) is 14.8 Å². The Kier molecular flexibility index (Phi) is 7.66. The Hall–Kier alpha value is -4.12. The van der Waals surface area contributed by atoms with E-state index in [1.54, 1.807) is 0 Å². The highest BCUT2D eigenvalue weighted by Crippen LogP contribution is 2.41. The van der Waals surface area contributed by atoms with Crippen molar-refractivity contribution in [2.75, 3.05) is 19.6 Å². The summed E-state index contributed by atoms with van der Waals surface area (Å²) in [5.74, 6) is -5.61. The maximum atomic E-state index is 14.9. The molecular weight excluding hydrogens is 536 g/mol. The summed E-state index contributed by atoms with van der Waals surface area (Å²) in [6.07, 6.45) is -4.59. The van der Waals surface area contributed by atoms with Gasteiger partial charge in [0.05, 0.1) is 5.69 Å². The molecular formula is C29H23F6N3O2. The molecule has 0 N–H and O–H groups in total. The first kappa shape index (κ1) is 27.4. The van der Waals surface area contributed by atoms with E-state index in [4.69, 9.17) is 0 Å². The summed E-state index contributed by atoms with van der Waals surface area (Å²) in [6.45, 7) is 1.34. The normalized spacial score (nSPS) is 17.8. The van der Waals surface area contributed by atoms with Crippen LogP contribution in [0.3, 0.4) is 0 Å². The van der Waals surface area contributed by atoms with Gasteiger partial charge in [-0.2, -0.15) is 13.2 Å². The monoisotopic (exact) mass is 559 g/mol. The van der Waals surface area contributed by atoms with E-state index in [0.717, 1.165) is 29.8 Å². The van der Waals surface area contributed by atoms with Crippen molar-refractivity contribution in [2.24, 2.45) is 0 Å². The third-order valence-electron chi connectivity index (χ3n) is 6.93. The third-order valence-corrected chi connectivity index (χ3v) is 6.93. The molecule has 1 aliphatic heterocycles. The van der Waals surface area contributed by atoms with Crippen LogP contribution in [-0.4, -0.2) is 46.6 Å². The van der Waals surface area contributed by atoms with Crippen LogP contribution in [0.15, 0.2) is 78.9 Å². The smallest absolute Gasteiger partial charge is 0.309 e. The Morgan fingerprint density at radius 2 is 1.55 bits per heavy atom. The molecule has 1 fully saturated rings. The maximum absolute atomic E-state index is 14.9. The fourth-order valence-electron chi connectivity index (χ4n) is 5.00. The molecule has 0 saturated carbocycles. The van der Waals surface area contributed by atoms with Gasteiger partial charge in [0.15, 0.2) is 0 Å². The van der Waals surface area contributed by atoms with Crippen molar-refractivity contribution in [1.29, 1.82) is 0 Å². The number of aromatic nitrogens is 2. The molecule has 0 amide bonds. The number of hydrogen-bond acceptors (Lipinski definition) is 4. The van der Waals surface area contributed by atoms with Crippen LogP contribution in [0.4, 0.5) is 26.3 Å². The highest BCUT2D eigenvalue weighted by Gasteiger charge is 2.43. The molecule has 1 aromatic heterocycles. The summed E-state index contributed by atoms with van der Waals surface area (Å²) in [5, 5.41) is 4.18. The minimum atomic E-state index is -5.28. The lowest BCUT2D eigenvalue weighted by Gasteiger charge is -2.18. The Balaban J connectivity index is 1.51. The SMILES string of the molecule is O=C(On1nc([C@@H]2CN(CCc3ccccc3)C[C@H]2c2ccc(F)cc2F)cc1-c1ccc(F)cc1)C(F)(F)F. The van der Waals surface area contributed by atoms with Crippen molar-refractivity contribution < 1.29 is 36.0 Å². The first-order valence-corrected chi connectivity index (χ1v) is 12.4. The number of rotatable bonds is 7. The molecule has 208 valence electrons. The van der Waals surface area contributed by atoms with Crippen LogP contribution < -0.4 is 4.84 Å². The molecule has 0 spiro atoms. The van der Waals surface area contributed by atoms with E-state index < -0.39 is 41.4 Å². The summed E-state index contributed by atoms with van der Waals surface area (Å²) in [4.78, 5) is 18.8. The minimum Gasteiger partial charge on any atom is -0.309 e. The second-order valence-corrected chi connectivity index (χ2v) is 9.58. The Morgan fingerprint density at radius 1 is 0.875 bits per heavy atom. The Bertz CT molecular complexity index is 1490. The van der Waals surface area contributed by atoms with Crippen LogP contribution in [0.1, 0.15) is 28.7 Å². The second-order valence-electron chi connectivity index (χ2n) is 9.58. The lowest BCUT2D eigenvalue weighted by Crippen LogP contribution is -2.34. The van der Waals surface area contributed by atoms with Crippen molar-refractivity contribution in [2.45, 2.75) is 24.4 Å². The summed E-state index contributed by atoms with van der Waals surface area (Å²) in [5.41, 5.74) is 1.80. The molecule has 2 atom stereocenters. The highest BCUT2D eigenvalue weighted by molar-refractivity contribution is 5.76. The van der Waals surface area contributed by atoms with Crippen molar-refractivity contribution in [3.8, 4) is 11.3 Å². The molecule has 4 aromatic rings. The maximum Gasteiger partial charge on any atom is 0.493 e. The van der Waals surface area contributed by atoms with Gasteiger partial charge in [-0.3, -0.25) is 0 Å². The van der Waals surface area contributed by atoms with Gasteiger partial charge in [0, 0.05) is 43.1 Å². The highest BCUT2D eigenvalue weighted by atomic mass is 19.4. The molecule has 1 saturated heterocycles. The van der Waals surface area contributed by atoms with E-state index in [9.17, 15) is 31.1 Å². The number of carbonyl (C=O) groups excluding carboxylic acids is 1. The molecule has 0 radical (unpaired) electrons. The van der Waals surface area contributed by atoms with E-state index in [1.807, 2.05) is 30.3 Å². The van der Waals surface area contributed by atoms with Gasteiger partial charge in [-0.25, -0.2) is 18.0 Å². The number of carbonyl (C=O) groups is 1. The van der Waals surface area contributed by atoms with Crippen LogP contribution in [0.25, 0.3) is 11.3 Å². The number of hydrogen-bond donors (Lipinski definition) is 0. The Morgan fingerprint density at radius 3 is 2.23 bits per heavy atom. The quantitative estimate of drug-likeness (QED) is 0.264. The number of alkyl halides is 3. The average Bonchev–Trinajstić information content (AvgIpc) is 3.52. The van der Waals surface area contributed by atoms with Gasteiger partial charge in [-0.15, -0.1) is 5.10 Å². The molecule has 0 unspecified atom stereocenters. The number of benzene rings is 3. The van der Waals surface area contributed by atoms with Crippen molar-refractivity contribution >= 4 is 5.97 Å². The van der Waals surface area contributed by atoms with Gasteiger partial charge in [0.2, 0.25) is 0 Å². The van der Waals surface area contributed by atoms with Crippen LogP contribution in [-0.2, 0) is 11.2 Å². The van der Waals surface area contributed by atoms with Gasteiger partial charge in [-0.05, 0) is 53.9 Å². The molecule has 5 nitrogen and oxygen atoms in total. The Labute approximate surface area is 225 Å². The van der Waals surface area contributed by atoms with Crippen molar-refractivity contribution in [3.05, 3.63) is 113 Å². The van der Waals surface area contributed by atoms with E-state index in [0.29, 0.717) is 30.9 Å². The van der Waals surface area contributed by atoms with Gasteiger partial charge in [0.1, 0.15) is 23.1 Å². The molecule has 40 heavy (non-hydrogen) atoms. The summed E-state index contributed by atoms with van der Waals surface area (Å²) < 4.78 is 81.2. The molecule has 0 aliphatic carbocycles. The molecule has 0 bridgehead atoms. The minimum absolute atomic E-state index is 0.0198. The van der Waals surface area contributed by atoms with E-state index in [-0.39, 0.29) is 22.5 Å². The largest absolute Gasteiger partial charge is 0.493 e. The predicted octanol–water partition coefficient (Wildman–Crippen LogP) is 5.91. The molecule has 11 heteroatoms. The van der Waals surface area contributed by atoms with Crippen LogP contribution >= 0.6 is 0 Å². The van der Waals surface area contributed by atoms with Gasteiger partial charge < -0.3 is 9.74 Å². The lowest BCUT2D eigenvalue weighted by molar-refractivity contribution is -0.201. The standard InChI is InChI=1S/C29H23F6N3O2/c30-20-8-6-19(7-9-20)27-15-26(36-38(27)40-28(39)29(33,34)35)24-17-37(13-12-18-4-2-1-3-5-18)16-23(24)22-11-10-21(31)14-25(22)32/h1-11,14-15,23-24H,12-13,16-17H2/t23-,24+/m0/s1. The van der Waals surface area contributed by atoms with E-state index in [1.165, 1.54) is 24.3 Å². The third kappa shape index (κ3) is 6.04. The second kappa shape index (κ2) is 11.2. The van der Waals surface area contributed by atoms with Crippen LogP contribution in [0, 0.1) is 17.5 Å². The van der Waals surface area contributed by atoms with Gasteiger partial charge in [0.25, 0.3) is 0 Å². The number of halogens is 6. The van der Waals surface area contributed by atoms with Crippen LogP contribution in [0.5, 0.6) is 0 Å². The number of nitrogens with zero attached hydrogens (tertiary/aromatic N) is 3. The zero-order valence-corrected chi connectivity index (χ0v) is 20.9. The van der Waals surface area contributed by atoms with Crippen LogP contribution in [0.2, 0.25) is 0 Å². The zero-order valence-electron chi connectivity index (χ0n) is 20.9. The zero-order chi connectivity index (χ0) is 28.4. The van der Waals surface area contributed by atoms with Crippen molar-refractivity contribution in [3.63, 3.8) is 0 Å². The van der Waals surface area contributed by atoms with Crippen molar-refractivity contribution in [1.82, 2.24) is 14.8 Å². The molecule has 5 rings (SSSR count). The fraction of sp³-hybridized carbons (Fsp3) is 0.241. The number of likely N-dealkylation sites (tertiary alicyclic amines) is 1. The molecule has 2 heterocycles. The average molecular weight is 560 g/mol. The van der Waals surface area contributed by atoms with Gasteiger partial charge in [-0.1, -0.05) is 41.2 Å². The fourth-order valence-corrected chi connectivity index (χ4v) is 5.00. The lowest BCUT2D eigenvalue weighted by atomic mass is 9.86. The van der Waals surface area contributed by atoms with Gasteiger partial charge >= 0.3 is 12.1 Å². The first-order valence-electron chi connectivity index (χ1n) is 12.4. The summed E-state index contributed by atoms with van der Waals surface area (Å²) in [7, 11) is 0.